The van der Waals surface area contributed by atoms with Crippen molar-refractivity contribution in [2.45, 2.75) is 19.8 Å². The molecule has 1 heterocycles. The number of thiophene rings is 1. The van der Waals surface area contributed by atoms with Crippen LogP contribution in [0.3, 0.4) is 0 Å². The molecule has 0 amide bonds. The molecular weight excluding hydrogens is 346 g/mol. The summed E-state index contributed by atoms with van der Waals surface area (Å²) in [6.45, 7) is 1.78. The van der Waals surface area contributed by atoms with Crippen molar-refractivity contribution in [3.8, 4) is 0 Å². The highest BCUT2D eigenvalue weighted by atomic mass is 79.9. The van der Waals surface area contributed by atoms with E-state index < -0.39 is 0 Å². The molecule has 0 aliphatic heterocycles. The van der Waals surface area contributed by atoms with Crippen LogP contribution in [0, 0.1) is 0 Å². The Balaban J connectivity index is 1.74. The van der Waals surface area contributed by atoms with Crippen molar-refractivity contribution < 1.29 is 4.74 Å². The second kappa shape index (κ2) is 6.71. The Morgan fingerprint density at radius 2 is 1.76 bits per heavy atom. The first-order valence-corrected chi connectivity index (χ1v) is 8.40. The predicted octanol–water partition coefficient (Wildman–Crippen LogP) is 4.84. The maximum atomic E-state index is 5.89. The van der Waals surface area contributed by atoms with E-state index in [0.717, 1.165) is 4.47 Å². The molecule has 21 heavy (non-hydrogen) atoms. The van der Waals surface area contributed by atoms with Gasteiger partial charge in [-0.25, -0.2) is 0 Å². The van der Waals surface area contributed by atoms with Gasteiger partial charge in [-0.15, -0.1) is 11.3 Å². The third-order valence-corrected chi connectivity index (χ3v) is 5.16. The minimum absolute atomic E-state index is 0.566. The summed E-state index contributed by atoms with van der Waals surface area (Å²) < 4.78 is 8.25. The molecule has 1 aromatic heterocycles. The molecule has 0 unspecified atom stereocenters. The molecule has 2 nitrogen and oxygen atoms in total. The fourth-order valence-electron chi connectivity index (χ4n) is 2.32. The third kappa shape index (κ3) is 3.35. The van der Waals surface area contributed by atoms with Gasteiger partial charge in [-0.1, -0.05) is 46.3 Å². The van der Waals surface area contributed by atoms with Crippen molar-refractivity contribution in [3.63, 3.8) is 0 Å². The number of benzene rings is 2. The van der Waals surface area contributed by atoms with Crippen LogP contribution in [0.4, 0.5) is 0 Å². The van der Waals surface area contributed by atoms with Gasteiger partial charge in [-0.05, 0) is 29.1 Å². The maximum absolute atomic E-state index is 5.89. The molecule has 0 aliphatic rings. The quantitative estimate of drug-likeness (QED) is 0.705. The van der Waals surface area contributed by atoms with Crippen LogP contribution in [0.25, 0.3) is 10.1 Å². The molecule has 0 radical (unpaired) electrons. The fraction of sp³-hybridized carbons (Fsp3) is 0.176. The first kappa shape index (κ1) is 14.7. The maximum Gasteiger partial charge on any atom is 0.0738 e. The number of hydrogen-bond acceptors (Lipinski definition) is 3. The Bertz CT molecular complexity index is 736. The van der Waals surface area contributed by atoms with Gasteiger partial charge >= 0.3 is 0 Å². The lowest BCUT2D eigenvalue weighted by Gasteiger charge is -2.06. The molecule has 2 aromatic carbocycles. The summed E-state index contributed by atoms with van der Waals surface area (Å²) in [4.78, 5) is 1.21. The van der Waals surface area contributed by atoms with Gasteiger partial charge in [-0.2, -0.15) is 0 Å². The number of nitrogens with two attached hydrogens (primary N) is 1. The van der Waals surface area contributed by atoms with Crippen LogP contribution in [0.2, 0.25) is 0 Å². The van der Waals surface area contributed by atoms with E-state index in [4.69, 9.17) is 10.5 Å². The van der Waals surface area contributed by atoms with Gasteiger partial charge in [0.25, 0.3) is 0 Å². The molecule has 0 saturated heterocycles. The number of ether oxygens (including phenoxy) is 1. The van der Waals surface area contributed by atoms with Crippen molar-refractivity contribution >= 4 is 37.4 Å². The zero-order valence-corrected chi connectivity index (χ0v) is 13.9. The van der Waals surface area contributed by atoms with E-state index in [1.165, 1.54) is 26.1 Å². The highest BCUT2D eigenvalue weighted by Crippen LogP contribution is 2.31. The zero-order valence-electron chi connectivity index (χ0n) is 11.5. The fourth-order valence-corrected chi connectivity index (χ4v) is 3.68. The topological polar surface area (TPSA) is 35.2 Å². The average molecular weight is 362 g/mol. The van der Waals surface area contributed by atoms with E-state index in [0.29, 0.717) is 19.8 Å². The second-order valence-corrected chi connectivity index (χ2v) is 6.88. The lowest BCUT2D eigenvalue weighted by atomic mass is 10.1. The van der Waals surface area contributed by atoms with Gasteiger partial charge in [0, 0.05) is 26.2 Å². The largest absolute Gasteiger partial charge is 0.372 e. The molecule has 0 aliphatic carbocycles. The molecule has 0 saturated carbocycles. The number of fused-ring (bicyclic) bond motifs is 1. The molecule has 4 heteroatoms. The molecule has 0 fully saturated rings. The summed E-state index contributed by atoms with van der Waals surface area (Å²) in [7, 11) is 0. The van der Waals surface area contributed by atoms with E-state index in [1.807, 2.05) is 12.1 Å². The lowest BCUT2D eigenvalue weighted by Crippen LogP contribution is -2.00. The molecule has 0 spiro atoms. The Morgan fingerprint density at radius 3 is 2.52 bits per heavy atom. The number of rotatable bonds is 5. The minimum Gasteiger partial charge on any atom is -0.372 e. The van der Waals surface area contributed by atoms with Crippen molar-refractivity contribution in [1.82, 2.24) is 0 Å². The Labute approximate surface area is 136 Å². The van der Waals surface area contributed by atoms with Crippen LogP contribution >= 0.6 is 27.3 Å². The SMILES string of the molecule is NCc1sc2ccccc2c1COCc1ccc(Br)cc1. The Morgan fingerprint density at radius 1 is 1.00 bits per heavy atom. The summed E-state index contributed by atoms with van der Waals surface area (Å²) in [6, 6.07) is 16.6. The monoisotopic (exact) mass is 361 g/mol. The molecule has 0 atom stereocenters. The van der Waals surface area contributed by atoms with Crippen LogP contribution in [0.15, 0.2) is 53.0 Å². The van der Waals surface area contributed by atoms with Crippen molar-refractivity contribution in [1.29, 1.82) is 0 Å². The molecule has 0 bridgehead atoms. The number of halogens is 1. The van der Waals surface area contributed by atoms with Gasteiger partial charge in [-0.3, -0.25) is 0 Å². The van der Waals surface area contributed by atoms with E-state index in [-0.39, 0.29) is 0 Å². The third-order valence-electron chi connectivity index (χ3n) is 3.40. The smallest absolute Gasteiger partial charge is 0.0738 e. The summed E-state index contributed by atoms with van der Waals surface area (Å²) in [5.74, 6) is 0. The first-order valence-electron chi connectivity index (χ1n) is 6.79. The zero-order chi connectivity index (χ0) is 14.7. The van der Waals surface area contributed by atoms with Crippen LogP contribution in [-0.2, 0) is 24.5 Å². The summed E-state index contributed by atoms with van der Waals surface area (Å²) in [6.07, 6.45) is 0. The second-order valence-electron chi connectivity index (χ2n) is 4.82. The van der Waals surface area contributed by atoms with Crippen molar-refractivity contribution in [3.05, 3.63) is 69.0 Å². The van der Waals surface area contributed by atoms with Crippen LogP contribution < -0.4 is 5.73 Å². The van der Waals surface area contributed by atoms with Gasteiger partial charge in [0.05, 0.1) is 13.2 Å². The highest BCUT2D eigenvalue weighted by molar-refractivity contribution is 9.10. The molecule has 2 N–H and O–H groups in total. The predicted molar refractivity (Wildman–Crippen MR) is 92.4 cm³/mol. The van der Waals surface area contributed by atoms with Crippen LogP contribution in [0.1, 0.15) is 16.0 Å². The Kier molecular flexibility index (Phi) is 4.70. The van der Waals surface area contributed by atoms with Crippen LogP contribution in [0.5, 0.6) is 0 Å². The van der Waals surface area contributed by atoms with Crippen LogP contribution in [-0.4, -0.2) is 0 Å². The Hall–Kier alpha value is -1.20. The normalized spacial score (nSPS) is 11.1. The molecule has 3 rings (SSSR count). The molecular formula is C17H16BrNOS. The van der Waals surface area contributed by atoms with Gasteiger partial charge in [0.2, 0.25) is 0 Å². The van der Waals surface area contributed by atoms with Gasteiger partial charge < -0.3 is 10.5 Å². The van der Waals surface area contributed by atoms with E-state index >= 15 is 0 Å². The van der Waals surface area contributed by atoms with E-state index in [2.05, 4.69) is 52.3 Å². The first-order chi connectivity index (χ1) is 10.3. The number of hydrogen-bond donors (Lipinski definition) is 1. The average Bonchev–Trinajstić information content (AvgIpc) is 2.87. The summed E-state index contributed by atoms with van der Waals surface area (Å²) in [5, 5.41) is 1.26. The van der Waals surface area contributed by atoms with Crippen molar-refractivity contribution in [2.24, 2.45) is 5.73 Å². The highest BCUT2D eigenvalue weighted by Gasteiger charge is 2.10. The van der Waals surface area contributed by atoms with Crippen molar-refractivity contribution in [2.75, 3.05) is 0 Å². The minimum atomic E-state index is 0.566. The standard InChI is InChI=1S/C17H16BrNOS/c18-13-7-5-12(6-8-13)10-20-11-15-14-3-1-2-4-16(14)21-17(15)9-19/h1-8H,9-11,19H2. The lowest BCUT2D eigenvalue weighted by molar-refractivity contribution is 0.108. The summed E-state index contributed by atoms with van der Waals surface area (Å²) >= 11 is 5.20. The molecule has 3 aromatic rings. The van der Waals surface area contributed by atoms with Gasteiger partial charge in [0.1, 0.15) is 0 Å². The summed E-state index contributed by atoms with van der Waals surface area (Å²) in [5.41, 5.74) is 8.27. The van der Waals surface area contributed by atoms with Gasteiger partial charge in [0.15, 0.2) is 0 Å². The van der Waals surface area contributed by atoms with E-state index in [1.54, 1.807) is 11.3 Å². The van der Waals surface area contributed by atoms with E-state index in [9.17, 15) is 0 Å². The molecule has 108 valence electrons.